The van der Waals surface area contributed by atoms with E-state index >= 15 is 0 Å². The molecular formula is C14H21BrN2O2S. The zero-order valence-electron chi connectivity index (χ0n) is 11.7. The van der Waals surface area contributed by atoms with E-state index in [-0.39, 0.29) is 4.90 Å². The molecule has 20 heavy (non-hydrogen) atoms. The maximum atomic E-state index is 12.3. The van der Waals surface area contributed by atoms with Crippen molar-refractivity contribution in [1.29, 1.82) is 0 Å². The predicted octanol–water partition coefficient (Wildman–Crippen LogP) is 3.20. The van der Waals surface area contributed by atoms with Crippen molar-refractivity contribution >= 4 is 31.6 Å². The van der Waals surface area contributed by atoms with Crippen molar-refractivity contribution in [3.05, 3.63) is 22.2 Å². The molecule has 0 saturated heterocycles. The van der Waals surface area contributed by atoms with Crippen molar-refractivity contribution in [3.63, 3.8) is 0 Å². The molecule has 2 rings (SSSR count). The van der Waals surface area contributed by atoms with Crippen LogP contribution in [0, 0.1) is 12.8 Å². The molecule has 112 valence electrons. The van der Waals surface area contributed by atoms with E-state index in [4.69, 9.17) is 5.73 Å². The molecule has 4 nitrogen and oxygen atoms in total. The first kappa shape index (κ1) is 15.8. The standard InChI is InChI=1S/C14H21BrN2O2S/c1-10-8-12(15)13(16)9-14(10)20(18,19)17-7-6-11-4-2-3-5-11/h8-9,11,17H,2-7,16H2,1H3. The predicted molar refractivity (Wildman–Crippen MR) is 85.1 cm³/mol. The van der Waals surface area contributed by atoms with Crippen LogP contribution < -0.4 is 10.5 Å². The summed E-state index contributed by atoms with van der Waals surface area (Å²) >= 11 is 3.30. The van der Waals surface area contributed by atoms with E-state index in [9.17, 15) is 8.42 Å². The Morgan fingerprint density at radius 1 is 1.35 bits per heavy atom. The second-order valence-electron chi connectivity index (χ2n) is 5.48. The molecule has 1 aliphatic carbocycles. The van der Waals surface area contributed by atoms with Gasteiger partial charge in [0.25, 0.3) is 0 Å². The van der Waals surface area contributed by atoms with Crippen molar-refractivity contribution in [2.24, 2.45) is 5.92 Å². The summed E-state index contributed by atoms with van der Waals surface area (Å²) in [4.78, 5) is 0.268. The number of nitrogens with two attached hydrogens (primary N) is 1. The fraction of sp³-hybridized carbons (Fsp3) is 0.571. The summed E-state index contributed by atoms with van der Waals surface area (Å²) in [5.41, 5.74) is 6.91. The molecule has 0 bridgehead atoms. The van der Waals surface area contributed by atoms with Crippen LogP contribution in [0.5, 0.6) is 0 Å². The van der Waals surface area contributed by atoms with Crippen molar-refractivity contribution in [3.8, 4) is 0 Å². The third kappa shape index (κ3) is 3.74. The van der Waals surface area contributed by atoms with Crippen molar-refractivity contribution < 1.29 is 8.42 Å². The van der Waals surface area contributed by atoms with Crippen LogP contribution in [0.25, 0.3) is 0 Å². The van der Waals surface area contributed by atoms with E-state index in [0.717, 1.165) is 10.9 Å². The molecule has 6 heteroatoms. The van der Waals surface area contributed by atoms with Crippen LogP contribution in [0.4, 0.5) is 5.69 Å². The van der Waals surface area contributed by atoms with Crippen LogP contribution in [0.15, 0.2) is 21.5 Å². The average Bonchev–Trinajstić information content (AvgIpc) is 2.86. The van der Waals surface area contributed by atoms with Gasteiger partial charge >= 0.3 is 0 Å². The van der Waals surface area contributed by atoms with Gasteiger partial charge < -0.3 is 5.73 Å². The minimum atomic E-state index is -3.47. The second-order valence-corrected chi connectivity index (χ2v) is 8.07. The largest absolute Gasteiger partial charge is 0.398 e. The molecule has 1 fully saturated rings. The third-order valence-corrected chi connectivity index (χ3v) is 6.19. The Kier molecular flexibility index (Phi) is 5.09. The van der Waals surface area contributed by atoms with E-state index in [0.29, 0.717) is 23.7 Å². The van der Waals surface area contributed by atoms with E-state index in [1.807, 2.05) is 0 Å². The molecule has 0 radical (unpaired) electrons. The number of anilines is 1. The maximum absolute atomic E-state index is 12.3. The van der Waals surface area contributed by atoms with Crippen LogP contribution in [-0.2, 0) is 10.0 Å². The number of sulfonamides is 1. The van der Waals surface area contributed by atoms with Crippen molar-refractivity contribution in [2.75, 3.05) is 12.3 Å². The van der Waals surface area contributed by atoms with Gasteiger partial charge in [0, 0.05) is 16.7 Å². The number of aryl methyl sites for hydroxylation is 1. The normalized spacial score (nSPS) is 16.7. The number of halogens is 1. The molecule has 0 aromatic heterocycles. The quantitative estimate of drug-likeness (QED) is 0.791. The summed E-state index contributed by atoms with van der Waals surface area (Å²) in [6.45, 7) is 2.28. The van der Waals surface area contributed by atoms with Gasteiger partial charge in [0.2, 0.25) is 10.0 Å². The Labute approximate surface area is 129 Å². The molecule has 0 spiro atoms. The van der Waals surface area contributed by atoms with Gasteiger partial charge in [0.05, 0.1) is 4.90 Å². The van der Waals surface area contributed by atoms with E-state index in [2.05, 4.69) is 20.7 Å². The lowest BCUT2D eigenvalue weighted by Gasteiger charge is -2.13. The highest BCUT2D eigenvalue weighted by Gasteiger charge is 2.20. The van der Waals surface area contributed by atoms with Crippen LogP contribution in [0.2, 0.25) is 0 Å². The molecular weight excluding hydrogens is 340 g/mol. The maximum Gasteiger partial charge on any atom is 0.240 e. The zero-order chi connectivity index (χ0) is 14.8. The summed E-state index contributed by atoms with van der Waals surface area (Å²) in [5.74, 6) is 0.675. The van der Waals surface area contributed by atoms with E-state index in [1.165, 1.54) is 31.7 Å². The minimum Gasteiger partial charge on any atom is -0.398 e. The zero-order valence-corrected chi connectivity index (χ0v) is 14.1. The highest BCUT2D eigenvalue weighted by Crippen LogP contribution is 2.28. The van der Waals surface area contributed by atoms with Gasteiger partial charge in [-0.1, -0.05) is 25.7 Å². The second kappa shape index (κ2) is 6.45. The van der Waals surface area contributed by atoms with Crippen molar-refractivity contribution in [1.82, 2.24) is 4.72 Å². The summed E-state index contributed by atoms with van der Waals surface area (Å²) in [6, 6.07) is 3.25. The topological polar surface area (TPSA) is 72.2 Å². The Hall–Kier alpha value is -0.590. The van der Waals surface area contributed by atoms with Crippen LogP contribution in [0.1, 0.15) is 37.7 Å². The first-order chi connectivity index (χ1) is 9.40. The monoisotopic (exact) mass is 360 g/mol. The molecule has 0 heterocycles. The van der Waals surface area contributed by atoms with Crippen LogP contribution in [-0.4, -0.2) is 15.0 Å². The first-order valence-electron chi connectivity index (χ1n) is 6.95. The Bertz CT molecular complexity index is 581. The van der Waals surface area contributed by atoms with Gasteiger partial charge in [-0.25, -0.2) is 13.1 Å². The summed E-state index contributed by atoms with van der Waals surface area (Å²) in [5, 5.41) is 0. The van der Waals surface area contributed by atoms with Crippen molar-refractivity contribution in [2.45, 2.75) is 43.9 Å². The van der Waals surface area contributed by atoms with Gasteiger partial charge in [-0.05, 0) is 52.9 Å². The molecule has 1 aromatic rings. The fourth-order valence-corrected chi connectivity index (χ4v) is 4.50. The van der Waals surface area contributed by atoms with Crippen LogP contribution in [0.3, 0.4) is 0 Å². The number of hydrogen-bond acceptors (Lipinski definition) is 3. The number of benzene rings is 1. The minimum absolute atomic E-state index is 0.268. The molecule has 1 saturated carbocycles. The molecule has 1 aliphatic rings. The van der Waals surface area contributed by atoms with Gasteiger partial charge in [-0.2, -0.15) is 0 Å². The number of nitrogen functional groups attached to an aromatic ring is 1. The third-order valence-electron chi connectivity index (χ3n) is 3.90. The first-order valence-corrected chi connectivity index (χ1v) is 9.23. The summed E-state index contributed by atoms with van der Waals surface area (Å²) in [7, 11) is -3.47. The lowest BCUT2D eigenvalue weighted by Crippen LogP contribution is -2.26. The Morgan fingerprint density at radius 3 is 2.65 bits per heavy atom. The number of rotatable bonds is 5. The van der Waals surface area contributed by atoms with E-state index < -0.39 is 10.0 Å². The van der Waals surface area contributed by atoms with Gasteiger partial charge in [-0.3, -0.25) is 0 Å². The Balaban J connectivity index is 2.04. The molecule has 1 aromatic carbocycles. The highest BCUT2D eigenvalue weighted by molar-refractivity contribution is 9.10. The Morgan fingerprint density at radius 2 is 2.00 bits per heavy atom. The molecule has 0 amide bonds. The van der Waals surface area contributed by atoms with Crippen LogP contribution >= 0.6 is 15.9 Å². The molecule has 3 N–H and O–H groups in total. The van der Waals surface area contributed by atoms with E-state index in [1.54, 1.807) is 13.0 Å². The number of hydrogen-bond donors (Lipinski definition) is 2. The highest BCUT2D eigenvalue weighted by atomic mass is 79.9. The number of nitrogens with one attached hydrogen (secondary N) is 1. The molecule has 0 aliphatic heterocycles. The smallest absolute Gasteiger partial charge is 0.240 e. The lowest BCUT2D eigenvalue weighted by molar-refractivity contribution is 0.495. The molecule has 0 unspecified atom stereocenters. The summed E-state index contributed by atoms with van der Waals surface area (Å²) < 4.78 is 28.0. The lowest BCUT2D eigenvalue weighted by atomic mass is 10.1. The summed E-state index contributed by atoms with van der Waals surface area (Å²) in [6.07, 6.45) is 5.93. The SMILES string of the molecule is Cc1cc(Br)c(N)cc1S(=O)(=O)NCCC1CCCC1. The van der Waals surface area contributed by atoms with Gasteiger partial charge in [0.15, 0.2) is 0 Å². The average molecular weight is 361 g/mol. The fourth-order valence-electron chi connectivity index (χ4n) is 2.73. The van der Waals surface area contributed by atoms with Gasteiger partial charge in [-0.15, -0.1) is 0 Å². The van der Waals surface area contributed by atoms with Gasteiger partial charge in [0.1, 0.15) is 0 Å². The molecule has 0 atom stereocenters.